The average Bonchev–Trinajstić information content (AvgIpc) is 2.45. The maximum Gasteiger partial charge on any atom is 0.460 e. The summed E-state index contributed by atoms with van der Waals surface area (Å²) in [4.78, 5) is 0. The topological polar surface area (TPSA) is 32.3 Å². The number of halogens is 13. The minimum atomic E-state index is -7.97. The predicted molar refractivity (Wildman–Crippen MR) is 59.9 cm³/mol. The predicted octanol–water partition coefficient (Wildman–Crippen LogP) is 3.86. The van der Waals surface area contributed by atoms with Gasteiger partial charge in [-0.1, -0.05) is 6.08 Å². The Hall–Kier alpha value is -1.25. The molecule has 0 saturated carbocycles. The van der Waals surface area contributed by atoms with E-state index in [-0.39, 0.29) is 0 Å². The van der Waals surface area contributed by atoms with E-state index in [0.717, 1.165) is 6.08 Å². The van der Waals surface area contributed by atoms with Crippen molar-refractivity contribution in [1.29, 1.82) is 0 Å². The van der Waals surface area contributed by atoms with E-state index in [0.29, 0.717) is 0 Å². The van der Waals surface area contributed by atoms with Gasteiger partial charge in [0.05, 0.1) is 0 Å². The molecule has 0 bridgehead atoms. The van der Waals surface area contributed by atoms with Gasteiger partial charge in [0.15, 0.2) is 0 Å². The maximum atomic E-state index is 13.3. The number of alkyl halides is 13. The first-order chi connectivity index (χ1) is 11.2. The Kier molecular flexibility index (Phi) is 6.71. The van der Waals surface area contributed by atoms with Gasteiger partial charge in [0.25, 0.3) is 0 Å². The standard InChI is InChI=1S/C11H10F13NO/c1-2-3-25-4-5(26)6(12,13)7(14,15)8(16,17)9(18,19)10(20,21)11(22,23)24/h2,5,25-26H,1,3-4H2/t5-/m0/s1. The molecule has 15 heteroatoms. The fourth-order valence-electron chi connectivity index (χ4n) is 1.44. The van der Waals surface area contributed by atoms with Crippen molar-refractivity contribution in [2.24, 2.45) is 0 Å². The van der Waals surface area contributed by atoms with E-state index >= 15 is 0 Å². The zero-order valence-electron chi connectivity index (χ0n) is 12.1. The molecule has 0 amide bonds. The summed E-state index contributed by atoms with van der Waals surface area (Å²) in [5.74, 6) is -37.7. The molecule has 0 radical (unpaired) electrons. The van der Waals surface area contributed by atoms with Gasteiger partial charge in [0.2, 0.25) is 0 Å². The summed E-state index contributed by atoms with van der Waals surface area (Å²) in [6.07, 6.45) is -10.4. The molecule has 0 rings (SSSR count). The van der Waals surface area contributed by atoms with E-state index < -0.39 is 55.0 Å². The van der Waals surface area contributed by atoms with Crippen LogP contribution in [0.4, 0.5) is 57.1 Å². The van der Waals surface area contributed by atoms with Gasteiger partial charge >= 0.3 is 35.8 Å². The Labute approximate surface area is 136 Å². The Morgan fingerprint density at radius 2 is 1.12 bits per heavy atom. The lowest BCUT2D eigenvalue weighted by Gasteiger charge is -2.40. The van der Waals surface area contributed by atoms with Crippen molar-refractivity contribution in [2.45, 2.75) is 41.9 Å². The van der Waals surface area contributed by atoms with Gasteiger partial charge in [-0.15, -0.1) is 6.58 Å². The highest BCUT2D eigenvalue weighted by Crippen LogP contribution is 2.60. The number of rotatable bonds is 9. The van der Waals surface area contributed by atoms with Crippen LogP contribution in [-0.2, 0) is 0 Å². The molecule has 0 aliphatic heterocycles. The Morgan fingerprint density at radius 1 is 0.731 bits per heavy atom. The Morgan fingerprint density at radius 3 is 1.46 bits per heavy atom. The molecule has 26 heavy (non-hydrogen) atoms. The number of hydrogen-bond donors (Lipinski definition) is 2. The minimum Gasteiger partial charge on any atom is -0.385 e. The van der Waals surface area contributed by atoms with Gasteiger partial charge in [-0.2, -0.15) is 57.1 Å². The van der Waals surface area contributed by atoms with Gasteiger partial charge in [-0.05, 0) is 0 Å². The van der Waals surface area contributed by atoms with E-state index in [1.165, 1.54) is 0 Å². The lowest BCUT2D eigenvalue weighted by atomic mass is 9.91. The van der Waals surface area contributed by atoms with Crippen LogP contribution < -0.4 is 5.32 Å². The molecule has 0 aliphatic carbocycles. The van der Waals surface area contributed by atoms with Crippen LogP contribution in [0.1, 0.15) is 0 Å². The fraction of sp³-hybridized carbons (Fsp3) is 0.818. The third kappa shape index (κ3) is 3.59. The van der Waals surface area contributed by atoms with Crippen molar-refractivity contribution in [3.05, 3.63) is 12.7 Å². The van der Waals surface area contributed by atoms with Gasteiger partial charge in [0, 0.05) is 13.1 Å². The minimum absolute atomic E-state index is 0.461. The van der Waals surface area contributed by atoms with Crippen molar-refractivity contribution in [2.75, 3.05) is 13.1 Å². The molecular weight excluding hydrogens is 409 g/mol. The van der Waals surface area contributed by atoms with Crippen molar-refractivity contribution in [1.82, 2.24) is 5.32 Å². The van der Waals surface area contributed by atoms with Crippen molar-refractivity contribution in [3.8, 4) is 0 Å². The van der Waals surface area contributed by atoms with Crippen molar-refractivity contribution in [3.63, 3.8) is 0 Å². The maximum absolute atomic E-state index is 13.3. The molecule has 1 atom stereocenters. The van der Waals surface area contributed by atoms with E-state index in [9.17, 15) is 57.1 Å². The monoisotopic (exact) mass is 419 g/mol. The van der Waals surface area contributed by atoms with Crippen LogP contribution >= 0.6 is 0 Å². The van der Waals surface area contributed by atoms with Gasteiger partial charge in [-0.3, -0.25) is 0 Å². The summed E-state index contributed by atoms with van der Waals surface area (Å²) in [7, 11) is 0. The molecule has 0 saturated heterocycles. The fourth-order valence-corrected chi connectivity index (χ4v) is 1.44. The van der Waals surface area contributed by atoms with E-state index in [1.807, 2.05) is 0 Å². The summed E-state index contributed by atoms with van der Waals surface area (Å²) >= 11 is 0. The molecule has 0 unspecified atom stereocenters. The average molecular weight is 419 g/mol. The van der Waals surface area contributed by atoms with Crippen LogP contribution in [0, 0.1) is 0 Å². The van der Waals surface area contributed by atoms with E-state index in [1.54, 1.807) is 5.32 Å². The van der Waals surface area contributed by atoms with Crippen LogP contribution in [0.3, 0.4) is 0 Å². The second-order valence-corrected chi connectivity index (χ2v) is 4.88. The van der Waals surface area contributed by atoms with Crippen LogP contribution in [0.15, 0.2) is 12.7 Å². The van der Waals surface area contributed by atoms with Crippen LogP contribution in [0.2, 0.25) is 0 Å². The molecule has 2 nitrogen and oxygen atoms in total. The number of aliphatic hydroxyl groups is 1. The first kappa shape index (κ1) is 24.8. The quantitative estimate of drug-likeness (QED) is 0.338. The van der Waals surface area contributed by atoms with Gasteiger partial charge in [-0.25, -0.2) is 0 Å². The van der Waals surface area contributed by atoms with Crippen LogP contribution in [0.25, 0.3) is 0 Å². The molecule has 156 valence electrons. The first-order valence-corrected chi connectivity index (χ1v) is 6.19. The lowest BCUT2D eigenvalue weighted by Crippen LogP contribution is -2.72. The SMILES string of the molecule is C=CCNC[C@H](O)C(F)(F)C(F)(F)C(F)(F)C(F)(F)C(F)(F)C(F)(F)F. The van der Waals surface area contributed by atoms with E-state index in [4.69, 9.17) is 5.11 Å². The van der Waals surface area contributed by atoms with E-state index in [2.05, 4.69) is 6.58 Å². The van der Waals surface area contributed by atoms with Gasteiger partial charge < -0.3 is 10.4 Å². The van der Waals surface area contributed by atoms with Crippen LogP contribution in [0.5, 0.6) is 0 Å². The molecule has 0 aromatic rings. The van der Waals surface area contributed by atoms with Crippen molar-refractivity contribution < 1.29 is 62.2 Å². The molecule has 0 aromatic carbocycles. The summed E-state index contributed by atoms with van der Waals surface area (Å²) in [6, 6.07) is 0. The van der Waals surface area contributed by atoms with Gasteiger partial charge in [0.1, 0.15) is 6.10 Å². The Bertz CT molecular complexity index is 499. The largest absolute Gasteiger partial charge is 0.460 e. The third-order valence-electron chi connectivity index (χ3n) is 3.00. The summed E-state index contributed by atoms with van der Waals surface area (Å²) < 4.78 is 166. The molecule has 2 N–H and O–H groups in total. The lowest BCUT2D eigenvalue weighted by molar-refractivity contribution is -0.444. The molecular formula is C11H10F13NO. The highest BCUT2D eigenvalue weighted by molar-refractivity contribution is 5.11. The zero-order chi connectivity index (χ0) is 21.4. The number of nitrogens with one attached hydrogen (secondary N) is 1. The number of aliphatic hydroxyl groups excluding tert-OH is 1. The number of hydrogen-bond acceptors (Lipinski definition) is 2. The highest BCUT2D eigenvalue weighted by Gasteiger charge is 2.91. The summed E-state index contributed by atoms with van der Waals surface area (Å²) in [5, 5.41) is 10.5. The summed E-state index contributed by atoms with van der Waals surface area (Å²) in [6.45, 7) is 0.907. The summed E-state index contributed by atoms with van der Waals surface area (Å²) in [5.41, 5.74) is 0. The third-order valence-corrected chi connectivity index (χ3v) is 3.00. The van der Waals surface area contributed by atoms with Crippen molar-refractivity contribution >= 4 is 0 Å². The normalized spacial score (nSPS) is 16.5. The highest BCUT2D eigenvalue weighted by atomic mass is 19.4. The molecule has 0 heterocycles. The molecule has 0 aliphatic rings. The van der Waals surface area contributed by atoms with Crippen LogP contribution in [-0.4, -0.2) is 60.1 Å². The molecule has 0 fully saturated rings. The zero-order valence-corrected chi connectivity index (χ0v) is 12.1. The molecule has 0 aromatic heterocycles. The second-order valence-electron chi connectivity index (χ2n) is 4.88. The smallest absolute Gasteiger partial charge is 0.385 e. The second kappa shape index (κ2) is 7.05. The molecule has 0 spiro atoms. The first-order valence-electron chi connectivity index (χ1n) is 6.19. The Balaban J connectivity index is 6.03.